The molecule has 0 radical (unpaired) electrons. The van der Waals surface area contributed by atoms with Crippen molar-refractivity contribution in [3.63, 3.8) is 0 Å². The Balaban J connectivity index is 4.13. The van der Waals surface area contributed by atoms with Crippen molar-refractivity contribution in [3.8, 4) is 0 Å². The first-order chi connectivity index (χ1) is 38.5. The van der Waals surface area contributed by atoms with E-state index in [1.165, 1.54) is 135 Å². The molecule has 0 aromatic heterocycles. The second-order valence-electron chi connectivity index (χ2n) is 21.6. The highest BCUT2D eigenvalue weighted by molar-refractivity contribution is 5.71. The smallest absolute Gasteiger partial charge is 0.306 e. The van der Waals surface area contributed by atoms with Crippen LogP contribution in [0, 0.1) is 0 Å². The Morgan fingerprint density at radius 1 is 0.269 bits per heavy atom. The lowest BCUT2D eigenvalue weighted by molar-refractivity contribution is -0.167. The molecule has 78 heavy (non-hydrogen) atoms. The number of carbonyl (C=O) groups is 3. The van der Waals surface area contributed by atoms with Crippen LogP contribution in [0.3, 0.4) is 0 Å². The van der Waals surface area contributed by atoms with Gasteiger partial charge in [-0.3, -0.25) is 14.4 Å². The minimum absolute atomic E-state index is 0.0802. The lowest BCUT2D eigenvalue weighted by Gasteiger charge is -2.18. The Hall–Kier alpha value is -3.93. The summed E-state index contributed by atoms with van der Waals surface area (Å²) in [5.74, 6) is -0.888. The molecule has 1 unspecified atom stereocenters. The van der Waals surface area contributed by atoms with E-state index < -0.39 is 6.10 Å². The van der Waals surface area contributed by atoms with Crippen molar-refractivity contribution in [1.82, 2.24) is 0 Å². The van der Waals surface area contributed by atoms with Crippen LogP contribution in [0.5, 0.6) is 0 Å². The molecule has 446 valence electrons. The summed E-state index contributed by atoms with van der Waals surface area (Å²) in [7, 11) is 0. The fraction of sp³-hybridized carbons (Fsp3) is 0.708. The number of hydrogen-bond acceptors (Lipinski definition) is 6. The summed E-state index contributed by atoms with van der Waals surface area (Å²) in [4.78, 5) is 38.2. The van der Waals surface area contributed by atoms with Crippen molar-refractivity contribution in [2.45, 2.75) is 316 Å². The van der Waals surface area contributed by atoms with Crippen LogP contribution in [0.15, 0.2) is 109 Å². The molecule has 0 bridgehead atoms. The minimum Gasteiger partial charge on any atom is -0.462 e. The monoisotopic (exact) mass is 1080 g/mol. The number of hydrogen-bond donors (Lipinski definition) is 0. The van der Waals surface area contributed by atoms with E-state index in [0.717, 1.165) is 135 Å². The van der Waals surface area contributed by atoms with Gasteiger partial charge in [-0.15, -0.1) is 0 Å². The highest BCUT2D eigenvalue weighted by Crippen LogP contribution is 2.16. The second-order valence-corrected chi connectivity index (χ2v) is 21.6. The van der Waals surface area contributed by atoms with Gasteiger partial charge in [0.25, 0.3) is 0 Å². The van der Waals surface area contributed by atoms with Gasteiger partial charge >= 0.3 is 17.9 Å². The summed E-state index contributed by atoms with van der Waals surface area (Å²) in [6.07, 6.45) is 89.7. The molecule has 0 aromatic carbocycles. The van der Waals surface area contributed by atoms with Gasteiger partial charge in [0, 0.05) is 19.3 Å². The van der Waals surface area contributed by atoms with E-state index in [1.807, 2.05) is 0 Å². The maximum absolute atomic E-state index is 12.8. The molecule has 0 aliphatic rings. The fourth-order valence-electron chi connectivity index (χ4n) is 9.11. The van der Waals surface area contributed by atoms with E-state index in [4.69, 9.17) is 14.2 Å². The Kier molecular flexibility index (Phi) is 62.3. The molecule has 0 spiro atoms. The zero-order valence-corrected chi connectivity index (χ0v) is 51.2. The Morgan fingerprint density at radius 3 is 0.833 bits per heavy atom. The van der Waals surface area contributed by atoms with Gasteiger partial charge in [-0.25, -0.2) is 0 Å². The molecule has 6 heteroatoms. The summed E-state index contributed by atoms with van der Waals surface area (Å²) >= 11 is 0. The second kappa shape index (κ2) is 65.6. The van der Waals surface area contributed by atoms with Crippen molar-refractivity contribution < 1.29 is 28.6 Å². The van der Waals surface area contributed by atoms with Gasteiger partial charge < -0.3 is 14.2 Å². The molecule has 0 fully saturated rings. The third-order valence-electron chi connectivity index (χ3n) is 14.0. The number of allylic oxidation sites excluding steroid dienone is 18. The molecule has 0 heterocycles. The molecular formula is C72H122O6. The standard InChI is InChI=1S/C72H122O6/c1-4-7-10-13-16-19-22-25-26-27-28-29-30-31-32-33-34-35-36-37-38-39-40-41-42-43-44-45-46-48-50-53-56-59-62-65-71(74)77-68-69(67-76-70(73)64-61-58-55-52-49-24-21-18-15-12-9-6-3)78-72(75)66-63-60-57-54-51-47-23-20-17-14-11-8-5-2/h7,10-11,14,16,19-20,23,25-26,28-29,31-32,34-35,37-38,69H,4-6,8-9,12-13,15,17-18,21-22,24,27,30,33,36,39-68H2,1-3H3/b10-7-,14-11-,19-16-,23-20-,26-25-,29-28-,32-31-,35-34-,38-37-. The molecular weight excluding hydrogens is 961 g/mol. The molecule has 0 saturated carbocycles. The van der Waals surface area contributed by atoms with Gasteiger partial charge in [0.15, 0.2) is 6.10 Å². The molecule has 0 saturated heterocycles. The predicted octanol–water partition coefficient (Wildman–Crippen LogP) is 22.6. The SMILES string of the molecule is CC/C=C\C/C=C\C/C=C\C/C=C\C/C=C\C/C=C\C/C=C\CCCCCCCCCCCCCCCC(=O)OCC(COC(=O)CCCCCCCCCCCCCC)OC(=O)CCCCCCC/C=C\C/C=C\CCC. The van der Waals surface area contributed by atoms with E-state index in [9.17, 15) is 14.4 Å². The van der Waals surface area contributed by atoms with Crippen molar-refractivity contribution in [1.29, 1.82) is 0 Å². The van der Waals surface area contributed by atoms with Crippen LogP contribution in [0.2, 0.25) is 0 Å². The Bertz CT molecular complexity index is 1570. The van der Waals surface area contributed by atoms with Crippen LogP contribution in [0.25, 0.3) is 0 Å². The van der Waals surface area contributed by atoms with Crippen molar-refractivity contribution >= 4 is 17.9 Å². The summed E-state index contributed by atoms with van der Waals surface area (Å²) < 4.78 is 16.9. The summed E-state index contributed by atoms with van der Waals surface area (Å²) in [6.45, 7) is 6.46. The van der Waals surface area contributed by atoms with Crippen LogP contribution in [0.4, 0.5) is 0 Å². The van der Waals surface area contributed by atoms with Gasteiger partial charge in [-0.05, 0) is 103 Å². The van der Waals surface area contributed by atoms with Crippen LogP contribution in [0.1, 0.15) is 310 Å². The minimum atomic E-state index is -0.783. The van der Waals surface area contributed by atoms with Crippen molar-refractivity contribution in [2.75, 3.05) is 13.2 Å². The average Bonchev–Trinajstić information content (AvgIpc) is 3.44. The van der Waals surface area contributed by atoms with Gasteiger partial charge in [-0.1, -0.05) is 297 Å². The predicted molar refractivity (Wildman–Crippen MR) is 339 cm³/mol. The lowest BCUT2D eigenvalue weighted by atomic mass is 10.0. The summed E-state index contributed by atoms with van der Waals surface area (Å²) in [5.41, 5.74) is 0. The molecule has 1 atom stereocenters. The van der Waals surface area contributed by atoms with E-state index >= 15 is 0 Å². The number of esters is 3. The molecule has 6 nitrogen and oxygen atoms in total. The van der Waals surface area contributed by atoms with Crippen LogP contribution < -0.4 is 0 Å². The van der Waals surface area contributed by atoms with E-state index in [-0.39, 0.29) is 31.1 Å². The number of ether oxygens (including phenoxy) is 3. The number of rotatable bonds is 59. The van der Waals surface area contributed by atoms with Gasteiger partial charge in [-0.2, -0.15) is 0 Å². The first-order valence-electron chi connectivity index (χ1n) is 32.9. The van der Waals surface area contributed by atoms with Crippen LogP contribution in [-0.2, 0) is 28.6 Å². The molecule has 0 amide bonds. The quantitative estimate of drug-likeness (QED) is 0.0261. The number of unbranched alkanes of at least 4 members (excludes halogenated alkanes) is 30. The third kappa shape index (κ3) is 62.9. The fourth-order valence-corrected chi connectivity index (χ4v) is 9.11. The largest absolute Gasteiger partial charge is 0.462 e. The van der Waals surface area contributed by atoms with Crippen molar-refractivity contribution in [2.24, 2.45) is 0 Å². The van der Waals surface area contributed by atoms with Gasteiger partial charge in [0.1, 0.15) is 13.2 Å². The summed E-state index contributed by atoms with van der Waals surface area (Å²) in [5, 5.41) is 0. The molecule has 0 aliphatic heterocycles. The third-order valence-corrected chi connectivity index (χ3v) is 14.0. The van der Waals surface area contributed by atoms with Crippen LogP contribution >= 0.6 is 0 Å². The maximum atomic E-state index is 12.8. The molecule has 0 aromatic rings. The Morgan fingerprint density at radius 2 is 0.526 bits per heavy atom. The van der Waals surface area contributed by atoms with Crippen molar-refractivity contribution in [3.05, 3.63) is 109 Å². The van der Waals surface area contributed by atoms with E-state index in [2.05, 4.69) is 130 Å². The van der Waals surface area contributed by atoms with E-state index in [0.29, 0.717) is 19.3 Å². The number of carbonyl (C=O) groups excluding carboxylic acids is 3. The maximum Gasteiger partial charge on any atom is 0.306 e. The van der Waals surface area contributed by atoms with E-state index in [1.54, 1.807) is 0 Å². The zero-order valence-electron chi connectivity index (χ0n) is 51.2. The topological polar surface area (TPSA) is 78.9 Å². The Labute approximate surface area is 482 Å². The molecule has 0 N–H and O–H groups in total. The zero-order chi connectivity index (χ0) is 56.4. The normalized spacial score (nSPS) is 12.8. The average molecular weight is 1080 g/mol. The first-order valence-corrected chi connectivity index (χ1v) is 32.9. The molecule has 0 rings (SSSR count). The van der Waals surface area contributed by atoms with Crippen LogP contribution in [-0.4, -0.2) is 37.2 Å². The molecule has 0 aliphatic carbocycles. The van der Waals surface area contributed by atoms with Gasteiger partial charge in [0.2, 0.25) is 0 Å². The highest BCUT2D eigenvalue weighted by atomic mass is 16.6. The summed E-state index contributed by atoms with van der Waals surface area (Å²) in [6, 6.07) is 0. The van der Waals surface area contributed by atoms with Gasteiger partial charge in [0.05, 0.1) is 0 Å². The highest BCUT2D eigenvalue weighted by Gasteiger charge is 2.19. The lowest BCUT2D eigenvalue weighted by Crippen LogP contribution is -2.30. The first kappa shape index (κ1) is 74.1.